The van der Waals surface area contributed by atoms with E-state index in [1.165, 1.54) is 6.07 Å². The molecule has 0 unspecified atom stereocenters. The lowest BCUT2D eigenvalue weighted by molar-refractivity contribution is 0.621. The van der Waals surface area contributed by atoms with Crippen molar-refractivity contribution in [2.24, 2.45) is 0 Å². The highest BCUT2D eigenvalue weighted by Crippen LogP contribution is 2.09. The van der Waals surface area contributed by atoms with Crippen molar-refractivity contribution in [2.75, 3.05) is 13.1 Å². The molecule has 0 aliphatic rings. The zero-order valence-corrected chi connectivity index (χ0v) is 8.89. The lowest BCUT2D eigenvalue weighted by Gasteiger charge is -2.03. The van der Waals surface area contributed by atoms with E-state index >= 15 is 0 Å². The second-order valence-electron chi connectivity index (χ2n) is 3.43. The van der Waals surface area contributed by atoms with Crippen LogP contribution in [0, 0.1) is 17.1 Å². The van der Waals surface area contributed by atoms with Gasteiger partial charge in [-0.1, -0.05) is 13.0 Å². The fraction of sp³-hybridized carbons (Fsp3) is 0.417. The molecule has 1 aromatic carbocycles. The summed E-state index contributed by atoms with van der Waals surface area (Å²) in [6, 6.07) is 6.54. The SMILES string of the molecule is CCCNCCc1ccc(F)c(C#N)c1. The van der Waals surface area contributed by atoms with Gasteiger partial charge < -0.3 is 5.32 Å². The average Bonchev–Trinajstić information content (AvgIpc) is 2.26. The third-order valence-corrected chi connectivity index (χ3v) is 2.17. The Morgan fingerprint density at radius 1 is 1.40 bits per heavy atom. The number of nitrogens with zero attached hydrogens (tertiary/aromatic N) is 1. The maximum Gasteiger partial charge on any atom is 0.140 e. The normalized spacial score (nSPS) is 9.93. The standard InChI is InChI=1S/C12H15FN2/c1-2-6-15-7-5-10-3-4-12(13)11(8-10)9-14/h3-4,8,15H,2,5-7H2,1H3. The highest BCUT2D eigenvalue weighted by molar-refractivity contribution is 5.34. The van der Waals surface area contributed by atoms with Crippen molar-refractivity contribution < 1.29 is 4.39 Å². The quantitative estimate of drug-likeness (QED) is 0.750. The Bertz CT molecular complexity index is 355. The molecule has 1 aromatic rings. The van der Waals surface area contributed by atoms with E-state index in [9.17, 15) is 4.39 Å². The topological polar surface area (TPSA) is 35.8 Å². The molecule has 0 fully saturated rings. The monoisotopic (exact) mass is 206 g/mol. The van der Waals surface area contributed by atoms with Crippen molar-refractivity contribution in [3.63, 3.8) is 0 Å². The molecule has 0 aliphatic carbocycles. The second kappa shape index (κ2) is 6.15. The smallest absolute Gasteiger partial charge is 0.140 e. The van der Waals surface area contributed by atoms with Gasteiger partial charge in [0.2, 0.25) is 0 Å². The van der Waals surface area contributed by atoms with Crippen LogP contribution in [0.3, 0.4) is 0 Å². The third kappa shape index (κ3) is 3.69. The lowest BCUT2D eigenvalue weighted by Crippen LogP contribution is -2.17. The molecular weight excluding hydrogens is 191 g/mol. The minimum Gasteiger partial charge on any atom is -0.316 e. The zero-order valence-electron chi connectivity index (χ0n) is 8.89. The molecule has 3 heteroatoms. The van der Waals surface area contributed by atoms with Gasteiger partial charge in [-0.2, -0.15) is 5.26 Å². The van der Waals surface area contributed by atoms with Gasteiger partial charge in [-0.15, -0.1) is 0 Å². The number of benzene rings is 1. The predicted molar refractivity (Wildman–Crippen MR) is 58.0 cm³/mol. The molecule has 2 nitrogen and oxygen atoms in total. The number of halogens is 1. The summed E-state index contributed by atoms with van der Waals surface area (Å²) in [5.41, 5.74) is 1.12. The Morgan fingerprint density at radius 2 is 2.20 bits per heavy atom. The van der Waals surface area contributed by atoms with E-state index in [1.54, 1.807) is 12.1 Å². The number of nitrogens with one attached hydrogen (secondary N) is 1. The molecule has 0 bridgehead atoms. The van der Waals surface area contributed by atoms with E-state index in [-0.39, 0.29) is 5.56 Å². The van der Waals surface area contributed by atoms with Gasteiger partial charge in [0.15, 0.2) is 0 Å². The molecule has 0 atom stereocenters. The number of hydrogen-bond acceptors (Lipinski definition) is 2. The van der Waals surface area contributed by atoms with Crippen LogP contribution in [0.2, 0.25) is 0 Å². The molecular formula is C12H15FN2. The van der Waals surface area contributed by atoms with E-state index < -0.39 is 5.82 Å². The predicted octanol–water partition coefficient (Wildman–Crippen LogP) is 2.24. The molecule has 0 heterocycles. The maximum atomic E-state index is 13.0. The summed E-state index contributed by atoms with van der Waals surface area (Å²) in [7, 11) is 0. The summed E-state index contributed by atoms with van der Waals surface area (Å²) in [4.78, 5) is 0. The van der Waals surface area contributed by atoms with Crippen LogP contribution in [0.25, 0.3) is 0 Å². The van der Waals surface area contributed by atoms with Crippen LogP contribution in [0.5, 0.6) is 0 Å². The fourth-order valence-corrected chi connectivity index (χ4v) is 1.35. The van der Waals surface area contributed by atoms with Crippen molar-refractivity contribution in [3.8, 4) is 6.07 Å². The molecule has 0 aliphatic heterocycles. The Morgan fingerprint density at radius 3 is 2.87 bits per heavy atom. The van der Waals surface area contributed by atoms with Crippen molar-refractivity contribution in [1.29, 1.82) is 5.26 Å². The van der Waals surface area contributed by atoms with Crippen LogP contribution in [-0.4, -0.2) is 13.1 Å². The Hall–Kier alpha value is -1.40. The van der Waals surface area contributed by atoms with Gasteiger partial charge >= 0.3 is 0 Å². The largest absolute Gasteiger partial charge is 0.316 e. The molecule has 0 radical (unpaired) electrons. The zero-order chi connectivity index (χ0) is 11.1. The summed E-state index contributed by atoms with van der Waals surface area (Å²) < 4.78 is 13.0. The summed E-state index contributed by atoms with van der Waals surface area (Å²) in [5, 5.41) is 11.9. The minimum atomic E-state index is -0.442. The summed E-state index contributed by atoms with van der Waals surface area (Å²) in [6.45, 7) is 3.97. The van der Waals surface area contributed by atoms with Gasteiger partial charge in [0, 0.05) is 0 Å². The van der Waals surface area contributed by atoms with Crippen LogP contribution in [-0.2, 0) is 6.42 Å². The Kier molecular flexibility index (Phi) is 4.79. The molecule has 80 valence electrons. The summed E-state index contributed by atoms with van der Waals surface area (Å²) in [5.74, 6) is -0.442. The highest BCUT2D eigenvalue weighted by atomic mass is 19.1. The number of rotatable bonds is 5. The highest BCUT2D eigenvalue weighted by Gasteiger charge is 2.01. The van der Waals surface area contributed by atoms with Crippen molar-refractivity contribution >= 4 is 0 Å². The van der Waals surface area contributed by atoms with Crippen molar-refractivity contribution in [2.45, 2.75) is 19.8 Å². The molecule has 0 saturated heterocycles. The van der Waals surface area contributed by atoms with Gasteiger partial charge in [-0.05, 0) is 43.6 Å². The number of hydrogen-bond donors (Lipinski definition) is 1. The first-order chi connectivity index (χ1) is 7.27. The minimum absolute atomic E-state index is 0.128. The second-order valence-corrected chi connectivity index (χ2v) is 3.43. The van der Waals surface area contributed by atoms with Gasteiger partial charge in [0.05, 0.1) is 5.56 Å². The average molecular weight is 206 g/mol. The van der Waals surface area contributed by atoms with E-state index in [4.69, 9.17) is 5.26 Å². The molecule has 1 rings (SSSR count). The first-order valence-corrected chi connectivity index (χ1v) is 5.17. The van der Waals surface area contributed by atoms with Gasteiger partial charge in [-0.25, -0.2) is 4.39 Å². The fourth-order valence-electron chi connectivity index (χ4n) is 1.35. The molecule has 0 spiro atoms. The first kappa shape index (κ1) is 11.7. The van der Waals surface area contributed by atoms with E-state index in [2.05, 4.69) is 12.2 Å². The van der Waals surface area contributed by atoms with E-state index in [1.807, 2.05) is 6.07 Å². The van der Waals surface area contributed by atoms with Crippen molar-refractivity contribution in [1.82, 2.24) is 5.32 Å². The van der Waals surface area contributed by atoms with Crippen LogP contribution in [0.4, 0.5) is 4.39 Å². The maximum absolute atomic E-state index is 13.0. The molecule has 15 heavy (non-hydrogen) atoms. The summed E-state index contributed by atoms with van der Waals surface area (Å²) in [6.07, 6.45) is 1.93. The number of nitriles is 1. The van der Waals surface area contributed by atoms with Crippen LogP contribution in [0.1, 0.15) is 24.5 Å². The van der Waals surface area contributed by atoms with Gasteiger partial charge in [0.25, 0.3) is 0 Å². The first-order valence-electron chi connectivity index (χ1n) is 5.17. The third-order valence-electron chi connectivity index (χ3n) is 2.17. The van der Waals surface area contributed by atoms with Gasteiger partial charge in [-0.3, -0.25) is 0 Å². The van der Waals surface area contributed by atoms with Crippen LogP contribution < -0.4 is 5.32 Å². The molecule has 0 saturated carbocycles. The molecule has 1 N–H and O–H groups in total. The lowest BCUT2D eigenvalue weighted by atomic mass is 10.1. The Balaban J connectivity index is 2.52. The van der Waals surface area contributed by atoms with E-state index in [0.29, 0.717) is 0 Å². The van der Waals surface area contributed by atoms with Crippen LogP contribution in [0.15, 0.2) is 18.2 Å². The van der Waals surface area contributed by atoms with Gasteiger partial charge in [0.1, 0.15) is 11.9 Å². The summed E-state index contributed by atoms with van der Waals surface area (Å²) >= 11 is 0. The molecule has 0 aromatic heterocycles. The van der Waals surface area contributed by atoms with Crippen molar-refractivity contribution in [3.05, 3.63) is 35.1 Å². The van der Waals surface area contributed by atoms with Crippen LogP contribution >= 0.6 is 0 Å². The Labute approximate surface area is 89.7 Å². The van der Waals surface area contributed by atoms with E-state index in [0.717, 1.165) is 31.5 Å². The molecule has 0 amide bonds.